The maximum absolute atomic E-state index is 11.2. The molecule has 2 unspecified atom stereocenters. The Morgan fingerprint density at radius 2 is 1.86 bits per heavy atom. The lowest BCUT2D eigenvalue weighted by Gasteiger charge is -2.13. The lowest BCUT2D eigenvalue weighted by Crippen LogP contribution is -2.41. The van der Waals surface area contributed by atoms with Crippen LogP contribution in [0.2, 0.25) is 0 Å². The highest BCUT2D eigenvalue weighted by Gasteiger charge is 2.20. The van der Waals surface area contributed by atoms with Crippen molar-refractivity contribution in [1.82, 2.24) is 0 Å². The number of carbonyl (C=O) groups is 2. The van der Waals surface area contributed by atoms with Gasteiger partial charge in [-0.2, -0.15) is 0 Å². The number of carbonyl (C=O) groups excluding carboxylic acids is 1. The van der Waals surface area contributed by atoms with E-state index in [-0.39, 0.29) is 18.6 Å². The highest BCUT2D eigenvalue weighted by molar-refractivity contribution is 5.85. The summed E-state index contributed by atoms with van der Waals surface area (Å²) in [7, 11) is 0. The minimum Gasteiger partial charge on any atom is -0.480 e. The molecule has 82 valence electrons. The molecule has 0 aliphatic heterocycles. The molecule has 0 spiro atoms. The first kappa shape index (κ1) is 13.0. The van der Waals surface area contributed by atoms with Gasteiger partial charge in [0.05, 0.1) is 12.1 Å². The fourth-order valence-corrected chi connectivity index (χ4v) is 0.857. The van der Waals surface area contributed by atoms with Gasteiger partial charge >= 0.3 is 5.97 Å². The largest absolute Gasteiger partial charge is 0.480 e. The molecular weight excluding hydrogens is 188 g/mol. The first-order valence-corrected chi connectivity index (χ1v) is 4.31. The van der Waals surface area contributed by atoms with Crippen LogP contribution in [0.15, 0.2) is 0 Å². The van der Waals surface area contributed by atoms with Crippen LogP contribution in [0.25, 0.3) is 0 Å². The Kier molecular flexibility index (Phi) is 5.29. The van der Waals surface area contributed by atoms with Crippen molar-refractivity contribution in [3.05, 3.63) is 0 Å². The smallest absolute Gasteiger partial charge is 0.320 e. The van der Waals surface area contributed by atoms with E-state index in [1.807, 2.05) is 0 Å². The SMILES string of the molecule is CC(O)C(N)C(=O)CC[C@H](N)C(=O)O. The minimum absolute atomic E-state index is 0.0282. The fourth-order valence-electron chi connectivity index (χ4n) is 0.857. The van der Waals surface area contributed by atoms with Crippen LogP contribution in [-0.4, -0.2) is 40.2 Å². The summed E-state index contributed by atoms with van der Waals surface area (Å²) in [5, 5.41) is 17.4. The molecule has 6 N–H and O–H groups in total. The van der Waals surface area contributed by atoms with E-state index in [9.17, 15) is 9.59 Å². The van der Waals surface area contributed by atoms with Gasteiger partial charge in [-0.25, -0.2) is 0 Å². The normalized spacial score (nSPS) is 17.1. The first-order chi connectivity index (χ1) is 6.36. The van der Waals surface area contributed by atoms with E-state index < -0.39 is 24.2 Å². The van der Waals surface area contributed by atoms with Crippen LogP contribution in [0.1, 0.15) is 19.8 Å². The average Bonchev–Trinajstić information content (AvgIpc) is 2.11. The highest BCUT2D eigenvalue weighted by atomic mass is 16.4. The third-order valence-corrected chi connectivity index (χ3v) is 1.91. The Morgan fingerprint density at radius 1 is 1.36 bits per heavy atom. The number of hydrogen-bond acceptors (Lipinski definition) is 5. The van der Waals surface area contributed by atoms with Crippen LogP contribution < -0.4 is 11.5 Å². The molecule has 6 heteroatoms. The number of aliphatic hydroxyl groups excluding tert-OH is 1. The summed E-state index contributed by atoms with van der Waals surface area (Å²) >= 11 is 0. The van der Waals surface area contributed by atoms with Crippen LogP contribution in [-0.2, 0) is 9.59 Å². The molecule has 0 saturated carbocycles. The van der Waals surface area contributed by atoms with Gasteiger partial charge in [-0.05, 0) is 13.3 Å². The summed E-state index contributed by atoms with van der Waals surface area (Å²) in [4.78, 5) is 21.5. The fraction of sp³-hybridized carbons (Fsp3) is 0.750. The highest BCUT2D eigenvalue weighted by Crippen LogP contribution is 2.01. The maximum Gasteiger partial charge on any atom is 0.320 e. The standard InChI is InChI=1S/C8H16N2O4/c1-4(11)7(10)6(12)3-2-5(9)8(13)14/h4-5,7,11H,2-3,9-10H2,1H3,(H,13,14)/t4?,5-,7?/m0/s1. The molecule has 14 heavy (non-hydrogen) atoms. The maximum atomic E-state index is 11.2. The molecule has 0 fully saturated rings. The van der Waals surface area contributed by atoms with Crippen molar-refractivity contribution in [2.24, 2.45) is 11.5 Å². The van der Waals surface area contributed by atoms with Crippen molar-refractivity contribution in [3.8, 4) is 0 Å². The number of ketones is 1. The van der Waals surface area contributed by atoms with Gasteiger partial charge in [-0.15, -0.1) is 0 Å². The van der Waals surface area contributed by atoms with Gasteiger partial charge in [0.2, 0.25) is 0 Å². The second kappa shape index (κ2) is 5.69. The molecule has 3 atom stereocenters. The van der Waals surface area contributed by atoms with Gasteiger partial charge in [0, 0.05) is 6.42 Å². The third kappa shape index (κ3) is 4.31. The summed E-state index contributed by atoms with van der Waals surface area (Å²) in [6.07, 6.45) is -0.919. The Hall–Kier alpha value is -0.980. The topological polar surface area (TPSA) is 127 Å². The molecule has 0 amide bonds. The minimum atomic E-state index is -1.15. The molecule has 0 bridgehead atoms. The summed E-state index contributed by atoms with van der Waals surface area (Å²) < 4.78 is 0. The molecule has 0 rings (SSSR count). The number of hydrogen-bond donors (Lipinski definition) is 4. The van der Waals surface area contributed by atoms with Gasteiger partial charge in [0.25, 0.3) is 0 Å². The average molecular weight is 204 g/mol. The number of Topliss-reactive ketones (excluding diaryl/α,β-unsaturated/α-hetero) is 1. The summed E-state index contributed by atoms with van der Waals surface area (Å²) in [6, 6.07) is -2.02. The Morgan fingerprint density at radius 3 is 2.21 bits per heavy atom. The van der Waals surface area contributed by atoms with Crippen LogP contribution in [0.4, 0.5) is 0 Å². The monoisotopic (exact) mass is 204 g/mol. The molecule has 0 aromatic rings. The van der Waals surface area contributed by atoms with E-state index >= 15 is 0 Å². The van der Waals surface area contributed by atoms with Crippen molar-refractivity contribution in [2.45, 2.75) is 38.0 Å². The summed E-state index contributed by atoms with van der Waals surface area (Å²) in [6.45, 7) is 1.40. The number of nitrogens with two attached hydrogens (primary N) is 2. The predicted molar refractivity (Wildman–Crippen MR) is 49.5 cm³/mol. The van der Waals surface area contributed by atoms with Crippen LogP contribution in [0.5, 0.6) is 0 Å². The second-order valence-corrected chi connectivity index (χ2v) is 3.22. The van der Waals surface area contributed by atoms with Crippen LogP contribution >= 0.6 is 0 Å². The van der Waals surface area contributed by atoms with E-state index in [1.54, 1.807) is 0 Å². The molecule has 6 nitrogen and oxygen atoms in total. The Balaban J connectivity index is 3.91. The molecule has 0 saturated heterocycles. The third-order valence-electron chi connectivity index (χ3n) is 1.91. The Bertz CT molecular complexity index is 217. The lowest BCUT2D eigenvalue weighted by atomic mass is 10.0. The number of aliphatic carboxylic acids is 1. The van der Waals surface area contributed by atoms with E-state index in [1.165, 1.54) is 6.92 Å². The quantitative estimate of drug-likeness (QED) is 0.415. The lowest BCUT2D eigenvalue weighted by molar-refractivity contribution is -0.138. The van der Waals surface area contributed by atoms with Gasteiger partial charge in [-0.3, -0.25) is 9.59 Å². The predicted octanol–water partition coefficient (Wildman–Crippen LogP) is -1.54. The molecule has 0 radical (unpaired) electrons. The van der Waals surface area contributed by atoms with Crippen LogP contribution in [0, 0.1) is 0 Å². The van der Waals surface area contributed by atoms with Gasteiger partial charge in [0.15, 0.2) is 5.78 Å². The van der Waals surface area contributed by atoms with Crippen molar-refractivity contribution >= 4 is 11.8 Å². The second-order valence-electron chi connectivity index (χ2n) is 3.22. The zero-order valence-electron chi connectivity index (χ0n) is 8.01. The van der Waals surface area contributed by atoms with E-state index in [2.05, 4.69) is 0 Å². The van der Waals surface area contributed by atoms with Crippen molar-refractivity contribution in [1.29, 1.82) is 0 Å². The van der Waals surface area contributed by atoms with Gasteiger partial charge in [0.1, 0.15) is 6.04 Å². The van der Waals surface area contributed by atoms with E-state index in [0.29, 0.717) is 0 Å². The van der Waals surface area contributed by atoms with Crippen LogP contribution in [0.3, 0.4) is 0 Å². The zero-order valence-corrected chi connectivity index (χ0v) is 8.01. The summed E-state index contributed by atoms with van der Waals surface area (Å²) in [5.41, 5.74) is 10.5. The molecular formula is C8H16N2O4. The van der Waals surface area contributed by atoms with Gasteiger partial charge in [-0.1, -0.05) is 0 Å². The Labute approximate surface area is 81.9 Å². The number of carboxylic acid groups (broad SMARTS) is 1. The molecule has 0 aromatic heterocycles. The molecule has 0 aliphatic carbocycles. The first-order valence-electron chi connectivity index (χ1n) is 4.31. The van der Waals surface area contributed by atoms with Crippen molar-refractivity contribution in [2.75, 3.05) is 0 Å². The van der Waals surface area contributed by atoms with Crippen molar-refractivity contribution in [3.63, 3.8) is 0 Å². The zero-order chi connectivity index (χ0) is 11.3. The summed E-state index contributed by atoms with van der Waals surface area (Å²) in [5.74, 6) is -1.53. The van der Waals surface area contributed by atoms with E-state index in [4.69, 9.17) is 21.7 Å². The molecule has 0 heterocycles. The molecule has 0 aromatic carbocycles. The number of aliphatic hydroxyl groups is 1. The molecule has 0 aliphatic rings. The van der Waals surface area contributed by atoms with Gasteiger partial charge < -0.3 is 21.7 Å². The van der Waals surface area contributed by atoms with E-state index in [0.717, 1.165) is 0 Å². The number of carboxylic acids is 1. The van der Waals surface area contributed by atoms with Crippen molar-refractivity contribution < 1.29 is 19.8 Å². The number of rotatable bonds is 6.